The average Bonchev–Trinajstić information content (AvgIpc) is 3.08. The van der Waals surface area contributed by atoms with Crippen LogP contribution in [0.5, 0.6) is 0 Å². The van der Waals surface area contributed by atoms with Gasteiger partial charge in [-0.25, -0.2) is 0 Å². The Hall–Kier alpha value is -2.62. The summed E-state index contributed by atoms with van der Waals surface area (Å²) in [6.07, 6.45) is 2.27. The lowest BCUT2D eigenvalue weighted by Gasteiger charge is -2.36. The van der Waals surface area contributed by atoms with Gasteiger partial charge in [-0.15, -0.1) is 0 Å². The quantitative estimate of drug-likeness (QED) is 0.516. The third-order valence-electron chi connectivity index (χ3n) is 6.02. The van der Waals surface area contributed by atoms with Crippen LogP contribution >= 0.6 is 0 Å². The molecule has 28 heavy (non-hydrogen) atoms. The van der Waals surface area contributed by atoms with Crippen LogP contribution in [0.1, 0.15) is 30.9 Å². The number of aliphatic hydroxyl groups excluding tert-OH is 1. The molecule has 1 saturated carbocycles. The van der Waals surface area contributed by atoms with Crippen LogP contribution < -0.4 is 0 Å². The molecule has 0 aliphatic heterocycles. The molecule has 3 aromatic carbocycles. The van der Waals surface area contributed by atoms with Gasteiger partial charge in [0.25, 0.3) is 0 Å². The van der Waals surface area contributed by atoms with Crippen molar-refractivity contribution in [3.63, 3.8) is 0 Å². The molecule has 1 heterocycles. The monoisotopic (exact) mass is 371 g/mol. The van der Waals surface area contributed by atoms with Gasteiger partial charge in [-0.2, -0.15) is 0 Å². The van der Waals surface area contributed by atoms with E-state index in [1.165, 1.54) is 21.8 Å². The second kappa shape index (κ2) is 7.42. The molecular formula is C25H25NO2. The van der Waals surface area contributed by atoms with Crippen LogP contribution in [-0.2, 0) is 11.3 Å². The van der Waals surface area contributed by atoms with Crippen LogP contribution in [0.25, 0.3) is 21.8 Å². The second-order valence-electron chi connectivity index (χ2n) is 7.73. The number of rotatable bonds is 4. The van der Waals surface area contributed by atoms with Gasteiger partial charge in [0, 0.05) is 21.8 Å². The maximum atomic E-state index is 11.3. The lowest BCUT2D eigenvalue weighted by molar-refractivity contribution is -0.0858. The number of fused-ring (bicyclic) bond motifs is 3. The van der Waals surface area contributed by atoms with Crippen molar-refractivity contribution in [1.82, 2.24) is 4.57 Å². The van der Waals surface area contributed by atoms with E-state index in [-0.39, 0.29) is 12.1 Å². The Kier molecular flexibility index (Phi) is 4.63. The highest BCUT2D eigenvalue weighted by molar-refractivity contribution is 6.08. The maximum absolute atomic E-state index is 11.3. The van der Waals surface area contributed by atoms with Crippen molar-refractivity contribution in [2.24, 2.45) is 0 Å². The molecule has 0 amide bonds. The molecule has 1 fully saturated rings. The number of para-hydroxylation sites is 2. The summed E-state index contributed by atoms with van der Waals surface area (Å²) in [6, 6.07) is 27.2. The van der Waals surface area contributed by atoms with E-state index in [1.54, 1.807) is 0 Å². The lowest BCUT2D eigenvalue weighted by atomic mass is 9.89. The molecule has 3 nitrogen and oxygen atoms in total. The Labute approximate surface area is 165 Å². The van der Waals surface area contributed by atoms with Gasteiger partial charge in [-0.1, -0.05) is 66.7 Å². The van der Waals surface area contributed by atoms with E-state index in [0.29, 0.717) is 6.61 Å². The molecule has 1 aliphatic carbocycles. The Morgan fingerprint density at radius 1 is 0.786 bits per heavy atom. The van der Waals surface area contributed by atoms with Gasteiger partial charge in [0.05, 0.1) is 18.8 Å². The van der Waals surface area contributed by atoms with Crippen LogP contribution in [0, 0.1) is 0 Å². The second-order valence-corrected chi connectivity index (χ2v) is 7.73. The standard InChI is InChI=1S/C25H25NO2/c27-25-23(15-8-16-24(25)28-17-18-9-2-1-3-10-18)26-21-13-6-4-11-19(21)20-12-5-7-14-22(20)26/h1-7,9-14,23-25,27H,8,15-17H2/t23-,24-,25+/m1/s1. The van der Waals surface area contributed by atoms with E-state index < -0.39 is 6.10 Å². The summed E-state index contributed by atoms with van der Waals surface area (Å²) in [5.74, 6) is 0. The number of ether oxygens (including phenoxy) is 1. The molecule has 0 unspecified atom stereocenters. The molecule has 0 spiro atoms. The van der Waals surface area contributed by atoms with Gasteiger partial charge >= 0.3 is 0 Å². The first kappa shape index (κ1) is 17.5. The number of aromatic nitrogens is 1. The van der Waals surface area contributed by atoms with Gasteiger partial charge in [-0.3, -0.25) is 0 Å². The summed E-state index contributed by atoms with van der Waals surface area (Å²) >= 11 is 0. The average molecular weight is 371 g/mol. The lowest BCUT2D eigenvalue weighted by Crippen LogP contribution is -2.40. The predicted molar refractivity (Wildman–Crippen MR) is 113 cm³/mol. The largest absolute Gasteiger partial charge is 0.388 e. The molecule has 1 N–H and O–H groups in total. The fourth-order valence-electron chi connectivity index (χ4n) is 4.67. The number of nitrogens with zero attached hydrogens (tertiary/aromatic N) is 1. The highest BCUT2D eigenvalue weighted by atomic mass is 16.5. The fraction of sp³-hybridized carbons (Fsp3) is 0.280. The summed E-state index contributed by atoms with van der Waals surface area (Å²) in [6.45, 7) is 0.544. The van der Waals surface area contributed by atoms with E-state index in [9.17, 15) is 5.11 Å². The summed E-state index contributed by atoms with van der Waals surface area (Å²) in [4.78, 5) is 0. The van der Waals surface area contributed by atoms with Crippen molar-refractivity contribution in [2.45, 2.75) is 44.1 Å². The molecule has 4 aromatic rings. The maximum Gasteiger partial charge on any atom is 0.101 e. The summed E-state index contributed by atoms with van der Waals surface area (Å²) in [5, 5.41) is 13.7. The van der Waals surface area contributed by atoms with Crippen LogP contribution in [0.4, 0.5) is 0 Å². The SMILES string of the molecule is O[C@H]1[C@H](n2c3ccccc3c3ccccc32)CCC[C@H]1OCc1ccccc1. The van der Waals surface area contributed by atoms with E-state index in [0.717, 1.165) is 24.8 Å². The highest BCUT2D eigenvalue weighted by Gasteiger charge is 2.35. The molecule has 142 valence electrons. The molecule has 0 radical (unpaired) electrons. The summed E-state index contributed by atoms with van der Waals surface area (Å²) < 4.78 is 8.51. The molecular weight excluding hydrogens is 346 g/mol. The number of hydrogen-bond donors (Lipinski definition) is 1. The zero-order valence-electron chi connectivity index (χ0n) is 15.9. The van der Waals surface area contributed by atoms with E-state index >= 15 is 0 Å². The van der Waals surface area contributed by atoms with Gasteiger partial charge in [0.15, 0.2) is 0 Å². The van der Waals surface area contributed by atoms with Crippen molar-refractivity contribution in [3.8, 4) is 0 Å². The number of benzene rings is 3. The first-order chi connectivity index (χ1) is 13.8. The van der Waals surface area contributed by atoms with E-state index in [2.05, 4.69) is 65.2 Å². The Morgan fingerprint density at radius 2 is 1.39 bits per heavy atom. The van der Waals surface area contributed by atoms with Gasteiger partial charge in [-0.05, 0) is 37.0 Å². The van der Waals surface area contributed by atoms with Crippen LogP contribution in [-0.4, -0.2) is 21.9 Å². The molecule has 0 saturated heterocycles. The molecule has 3 atom stereocenters. The molecule has 1 aromatic heterocycles. The van der Waals surface area contributed by atoms with Crippen molar-refractivity contribution >= 4 is 21.8 Å². The van der Waals surface area contributed by atoms with Crippen LogP contribution in [0.3, 0.4) is 0 Å². The zero-order chi connectivity index (χ0) is 18.9. The zero-order valence-corrected chi connectivity index (χ0v) is 15.9. The van der Waals surface area contributed by atoms with Crippen molar-refractivity contribution < 1.29 is 9.84 Å². The molecule has 3 heteroatoms. The Bertz CT molecular complexity index is 1030. The smallest absolute Gasteiger partial charge is 0.101 e. The first-order valence-electron chi connectivity index (χ1n) is 10.1. The molecule has 0 bridgehead atoms. The number of aliphatic hydroxyl groups is 1. The highest BCUT2D eigenvalue weighted by Crippen LogP contribution is 2.38. The third kappa shape index (κ3) is 3.01. The first-order valence-corrected chi connectivity index (χ1v) is 10.1. The van der Waals surface area contributed by atoms with Crippen molar-refractivity contribution in [1.29, 1.82) is 0 Å². The van der Waals surface area contributed by atoms with Gasteiger partial charge < -0.3 is 14.4 Å². The topological polar surface area (TPSA) is 34.4 Å². The Morgan fingerprint density at radius 3 is 2.07 bits per heavy atom. The normalized spacial score (nSPS) is 22.7. The van der Waals surface area contributed by atoms with E-state index in [4.69, 9.17) is 4.74 Å². The number of hydrogen-bond acceptors (Lipinski definition) is 2. The fourth-order valence-corrected chi connectivity index (χ4v) is 4.67. The molecule has 1 aliphatic rings. The van der Waals surface area contributed by atoms with Crippen LogP contribution in [0.15, 0.2) is 78.9 Å². The summed E-state index contributed by atoms with van der Waals surface area (Å²) in [7, 11) is 0. The predicted octanol–water partition coefficient (Wildman–Crippen LogP) is 5.47. The minimum atomic E-state index is -0.517. The third-order valence-corrected chi connectivity index (χ3v) is 6.02. The molecule has 5 rings (SSSR count). The van der Waals surface area contributed by atoms with E-state index in [1.807, 2.05) is 18.2 Å². The van der Waals surface area contributed by atoms with Gasteiger partial charge in [0.1, 0.15) is 6.10 Å². The van der Waals surface area contributed by atoms with Crippen molar-refractivity contribution in [2.75, 3.05) is 0 Å². The van der Waals surface area contributed by atoms with Crippen LogP contribution in [0.2, 0.25) is 0 Å². The van der Waals surface area contributed by atoms with Gasteiger partial charge in [0.2, 0.25) is 0 Å². The summed E-state index contributed by atoms with van der Waals surface area (Å²) in [5.41, 5.74) is 3.53. The van der Waals surface area contributed by atoms with Crippen molar-refractivity contribution in [3.05, 3.63) is 84.4 Å². The minimum Gasteiger partial charge on any atom is -0.388 e. The Balaban J connectivity index is 1.48. The minimum absolute atomic E-state index is 0.0272.